The topological polar surface area (TPSA) is 0 Å². The van der Waals surface area contributed by atoms with Gasteiger partial charge in [-0.1, -0.05) is 78.9 Å². The van der Waals surface area contributed by atoms with E-state index < -0.39 is 0 Å². The average molecular weight is 475 g/mol. The summed E-state index contributed by atoms with van der Waals surface area (Å²) in [4.78, 5) is 5.35. The fraction of sp³-hybridized carbons (Fsp3) is 0. The van der Waals surface area contributed by atoms with Crippen molar-refractivity contribution < 1.29 is 0 Å². The van der Waals surface area contributed by atoms with Crippen LogP contribution in [0.1, 0.15) is 11.1 Å². The van der Waals surface area contributed by atoms with E-state index in [1.165, 1.54) is 63.0 Å². The summed E-state index contributed by atoms with van der Waals surface area (Å²) < 4.78 is 0. The third kappa shape index (κ3) is 3.16. The SMILES string of the molecule is C(=C\c1ccc2ccc3cccc4ccc1c2c34)/c1cc(-c2cccs2)sc1-c1cccs1. The van der Waals surface area contributed by atoms with Crippen LogP contribution in [0.4, 0.5) is 0 Å². The molecule has 3 heteroatoms. The minimum absolute atomic E-state index is 1.27. The van der Waals surface area contributed by atoms with E-state index in [0.717, 1.165) is 0 Å². The van der Waals surface area contributed by atoms with Gasteiger partial charge in [-0.3, -0.25) is 0 Å². The van der Waals surface area contributed by atoms with Gasteiger partial charge in [0, 0.05) is 14.6 Å². The first-order chi connectivity index (χ1) is 16.3. The van der Waals surface area contributed by atoms with Crippen LogP contribution in [0, 0.1) is 0 Å². The van der Waals surface area contributed by atoms with E-state index in [0.29, 0.717) is 0 Å². The lowest BCUT2D eigenvalue weighted by atomic mass is 9.92. The van der Waals surface area contributed by atoms with Crippen LogP contribution in [-0.4, -0.2) is 0 Å². The molecule has 7 aromatic rings. The van der Waals surface area contributed by atoms with Crippen molar-refractivity contribution in [2.24, 2.45) is 0 Å². The highest BCUT2D eigenvalue weighted by Gasteiger charge is 2.13. The fourth-order valence-electron chi connectivity index (χ4n) is 4.75. The smallest absolute Gasteiger partial charge is 0.0521 e. The maximum atomic E-state index is 2.35. The van der Waals surface area contributed by atoms with Crippen LogP contribution in [0.15, 0.2) is 95.7 Å². The second-order valence-electron chi connectivity index (χ2n) is 8.19. The normalized spacial score (nSPS) is 12.1. The molecule has 0 saturated heterocycles. The Bertz CT molecular complexity index is 1730. The summed E-state index contributed by atoms with van der Waals surface area (Å²) >= 11 is 5.50. The van der Waals surface area contributed by atoms with Gasteiger partial charge in [-0.25, -0.2) is 0 Å². The van der Waals surface area contributed by atoms with Gasteiger partial charge in [0.25, 0.3) is 0 Å². The van der Waals surface area contributed by atoms with E-state index in [-0.39, 0.29) is 0 Å². The number of hydrogen-bond acceptors (Lipinski definition) is 3. The molecule has 0 atom stereocenters. The van der Waals surface area contributed by atoms with Gasteiger partial charge in [-0.2, -0.15) is 0 Å². The Labute approximate surface area is 204 Å². The highest BCUT2D eigenvalue weighted by Crippen LogP contribution is 2.42. The summed E-state index contributed by atoms with van der Waals surface area (Å²) in [7, 11) is 0. The van der Waals surface area contributed by atoms with Crippen LogP contribution in [-0.2, 0) is 0 Å². The van der Waals surface area contributed by atoms with Gasteiger partial charge in [-0.05, 0) is 72.4 Å². The summed E-state index contributed by atoms with van der Waals surface area (Å²) in [5.41, 5.74) is 2.55. The first kappa shape index (κ1) is 19.2. The first-order valence-electron chi connectivity index (χ1n) is 10.9. The number of rotatable bonds is 4. The molecule has 0 aliphatic rings. The van der Waals surface area contributed by atoms with E-state index in [4.69, 9.17) is 0 Å². The van der Waals surface area contributed by atoms with Gasteiger partial charge in [0.1, 0.15) is 0 Å². The van der Waals surface area contributed by atoms with Crippen molar-refractivity contribution in [3.8, 4) is 19.5 Å². The predicted octanol–water partition coefficient (Wildman–Crippen LogP) is 10.3. The number of hydrogen-bond donors (Lipinski definition) is 0. The molecule has 0 nitrogen and oxygen atoms in total. The zero-order valence-corrected chi connectivity index (χ0v) is 20.1. The van der Waals surface area contributed by atoms with E-state index in [9.17, 15) is 0 Å². The van der Waals surface area contributed by atoms with Gasteiger partial charge >= 0.3 is 0 Å². The average Bonchev–Trinajstić information content (AvgIpc) is 3.63. The summed E-state index contributed by atoms with van der Waals surface area (Å²) in [6.07, 6.45) is 4.60. The van der Waals surface area contributed by atoms with Crippen molar-refractivity contribution in [1.29, 1.82) is 0 Å². The highest BCUT2D eigenvalue weighted by atomic mass is 32.1. The van der Waals surface area contributed by atoms with Gasteiger partial charge in [0.15, 0.2) is 0 Å². The summed E-state index contributed by atoms with van der Waals surface area (Å²) in [5, 5.41) is 12.3. The molecule has 0 bridgehead atoms. The lowest BCUT2D eigenvalue weighted by molar-refractivity contribution is 1.75. The summed E-state index contributed by atoms with van der Waals surface area (Å²) in [6, 6.07) is 31.2. The number of benzene rings is 4. The van der Waals surface area contributed by atoms with E-state index in [1.54, 1.807) is 11.3 Å². The molecular weight excluding hydrogens is 457 g/mol. The van der Waals surface area contributed by atoms with Crippen LogP contribution in [0.2, 0.25) is 0 Å². The second-order valence-corrected chi connectivity index (χ2v) is 11.1. The Morgan fingerprint density at radius 2 is 1.18 bits per heavy atom. The second kappa shape index (κ2) is 7.67. The molecule has 0 aliphatic carbocycles. The van der Waals surface area contributed by atoms with Crippen molar-refractivity contribution in [1.82, 2.24) is 0 Å². The molecule has 0 spiro atoms. The zero-order chi connectivity index (χ0) is 21.8. The molecule has 0 radical (unpaired) electrons. The van der Waals surface area contributed by atoms with Crippen LogP contribution in [0.5, 0.6) is 0 Å². The standard InChI is InChI=1S/C30H18S3/c1-4-20-11-12-22-10-8-19(24-15-14-21(5-1)28(20)29(22)24)9-13-23-18-27(25-6-2-16-31-25)33-30(23)26-7-3-17-32-26/h1-18H/b13-9+. The molecule has 0 aliphatic heterocycles. The van der Waals surface area contributed by atoms with Gasteiger partial charge < -0.3 is 0 Å². The molecule has 0 unspecified atom stereocenters. The van der Waals surface area contributed by atoms with Gasteiger partial charge in [-0.15, -0.1) is 34.0 Å². The van der Waals surface area contributed by atoms with Gasteiger partial charge in [0.05, 0.1) is 4.88 Å². The van der Waals surface area contributed by atoms with E-state index >= 15 is 0 Å². The molecule has 0 amide bonds. The zero-order valence-electron chi connectivity index (χ0n) is 17.6. The molecule has 0 N–H and O–H groups in total. The van der Waals surface area contributed by atoms with E-state index in [1.807, 2.05) is 22.7 Å². The van der Waals surface area contributed by atoms with Crippen molar-refractivity contribution in [3.05, 3.63) is 107 Å². The maximum Gasteiger partial charge on any atom is 0.0521 e. The monoisotopic (exact) mass is 474 g/mol. The van der Waals surface area contributed by atoms with E-state index in [2.05, 4.69) is 108 Å². The highest BCUT2D eigenvalue weighted by molar-refractivity contribution is 7.26. The van der Waals surface area contributed by atoms with Crippen molar-refractivity contribution in [2.75, 3.05) is 0 Å². The van der Waals surface area contributed by atoms with Crippen LogP contribution >= 0.6 is 34.0 Å². The molecule has 3 aromatic heterocycles. The summed E-state index contributed by atoms with van der Waals surface area (Å²) in [5.74, 6) is 0. The number of thiophene rings is 3. The largest absolute Gasteiger partial charge is 0.143 e. The Kier molecular flexibility index (Phi) is 4.47. The first-order valence-corrected chi connectivity index (χ1v) is 13.5. The predicted molar refractivity (Wildman–Crippen MR) is 150 cm³/mol. The molecule has 3 heterocycles. The Balaban J connectivity index is 1.40. The molecule has 7 rings (SSSR count). The Morgan fingerprint density at radius 1 is 0.515 bits per heavy atom. The van der Waals surface area contributed by atoms with Crippen LogP contribution in [0.3, 0.4) is 0 Å². The summed E-state index contributed by atoms with van der Waals surface area (Å²) in [6.45, 7) is 0. The molecule has 0 fully saturated rings. The molecule has 156 valence electrons. The quantitative estimate of drug-likeness (QED) is 0.223. The maximum absolute atomic E-state index is 2.35. The molecule has 4 aromatic carbocycles. The minimum atomic E-state index is 1.27. The Morgan fingerprint density at radius 3 is 1.94 bits per heavy atom. The third-order valence-corrected chi connectivity index (χ3v) is 9.54. The van der Waals surface area contributed by atoms with Crippen molar-refractivity contribution in [2.45, 2.75) is 0 Å². The molecule has 0 saturated carbocycles. The minimum Gasteiger partial charge on any atom is -0.143 e. The Hall–Kier alpha value is -3.24. The van der Waals surface area contributed by atoms with Crippen molar-refractivity contribution in [3.63, 3.8) is 0 Å². The third-order valence-electron chi connectivity index (χ3n) is 6.27. The van der Waals surface area contributed by atoms with Crippen molar-refractivity contribution >= 4 is 78.5 Å². The lowest BCUT2D eigenvalue weighted by Crippen LogP contribution is -1.86. The fourth-order valence-corrected chi connectivity index (χ4v) is 7.60. The lowest BCUT2D eigenvalue weighted by Gasteiger charge is -2.12. The molecular formula is C30H18S3. The molecule has 33 heavy (non-hydrogen) atoms. The van der Waals surface area contributed by atoms with Crippen LogP contribution < -0.4 is 0 Å². The van der Waals surface area contributed by atoms with Crippen LogP contribution in [0.25, 0.3) is 64.0 Å². The van der Waals surface area contributed by atoms with Gasteiger partial charge in [0.2, 0.25) is 0 Å².